The summed E-state index contributed by atoms with van der Waals surface area (Å²) >= 11 is 0. The summed E-state index contributed by atoms with van der Waals surface area (Å²) in [6.07, 6.45) is -0.326. The number of aliphatic hydroxyl groups excluding tert-OH is 2. The number of nitrogens with one attached hydrogen (secondary N) is 1. The number of fused-ring (bicyclic) bond motifs is 1. The molecule has 2 aliphatic rings. The maximum atomic E-state index is 9.85. The molecule has 0 amide bonds. The number of piperidine rings is 1. The Morgan fingerprint density at radius 3 is 2.59 bits per heavy atom. The van der Waals surface area contributed by atoms with E-state index in [9.17, 15) is 10.2 Å². The number of methoxy groups -OCH3 is 2. The summed E-state index contributed by atoms with van der Waals surface area (Å²) < 4.78 is 29.0. The van der Waals surface area contributed by atoms with E-state index >= 15 is 0 Å². The Balaban J connectivity index is 1.48. The van der Waals surface area contributed by atoms with Gasteiger partial charge in [0.15, 0.2) is 0 Å². The van der Waals surface area contributed by atoms with Gasteiger partial charge in [0.05, 0.1) is 51.4 Å². The van der Waals surface area contributed by atoms with Crippen molar-refractivity contribution in [3.8, 4) is 11.5 Å². The molecule has 1 fully saturated rings. The van der Waals surface area contributed by atoms with Crippen molar-refractivity contribution in [3.05, 3.63) is 53.6 Å². The van der Waals surface area contributed by atoms with Gasteiger partial charge in [-0.2, -0.15) is 0 Å². The molecule has 2 aromatic carbocycles. The second-order valence-corrected chi connectivity index (χ2v) is 9.50. The Kier molecular flexibility index (Phi) is 10.4. The third-order valence-corrected chi connectivity index (χ3v) is 6.93. The normalized spacial score (nSPS) is 22.3. The van der Waals surface area contributed by atoms with Gasteiger partial charge in [-0.05, 0) is 41.8 Å². The van der Waals surface area contributed by atoms with Gasteiger partial charge in [0.1, 0.15) is 24.2 Å². The minimum absolute atomic E-state index is 0.0513. The fourth-order valence-electron chi connectivity index (χ4n) is 4.97. The lowest BCUT2D eigenvalue weighted by Gasteiger charge is -2.39. The van der Waals surface area contributed by atoms with Crippen LogP contribution >= 0.6 is 0 Å². The molecule has 4 rings (SSSR count). The lowest BCUT2D eigenvalue weighted by Crippen LogP contribution is -2.51. The van der Waals surface area contributed by atoms with Gasteiger partial charge in [0, 0.05) is 39.3 Å². The summed E-state index contributed by atoms with van der Waals surface area (Å²) in [6.45, 7) is 4.66. The standard InChI is InChI=1S/C28H40N2O7/c1-33-12-3-10-30-11-13-35-25-9-4-20(14-24(25)30)18-36-26-15-29-16-27(37-19-22(32)17-31)28(26)21-5-7-23(34-2)8-6-21/h4-9,14,22,26-29,31-32H,3,10-13,15-19H2,1-2H3/t22-,26+,27-,28-/m1/s1. The average molecular weight is 517 g/mol. The molecule has 2 aliphatic heterocycles. The van der Waals surface area contributed by atoms with Gasteiger partial charge >= 0.3 is 0 Å². The number of benzene rings is 2. The summed E-state index contributed by atoms with van der Waals surface area (Å²) in [5.74, 6) is 1.64. The van der Waals surface area contributed by atoms with Crippen LogP contribution < -0.4 is 19.7 Å². The van der Waals surface area contributed by atoms with Crippen LogP contribution in [0.4, 0.5) is 5.69 Å². The molecule has 9 nitrogen and oxygen atoms in total. The molecule has 2 aromatic rings. The Bertz CT molecular complexity index is 958. The fourth-order valence-corrected chi connectivity index (χ4v) is 4.97. The molecule has 0 bridgehead atoms. The Morgan fingerprint density at radius 1 is 1.08 bits per heavy atom. The molecule has 3 N–H and O–H groups in total. The molecule has 0 unspecified atom stereocenters. The first-order valence-electron chi connectivity index (χ1n) is 13.0. The van der Waals surface area contributed by atoms with Crippen molar-refractivity contribution in [2.24, 2.45) is 0 Å². The highest BCUT2D eigenvalue weighted by Crippen LogP contribution is 2.35. The maximum absolute atomic E-state index is 9.85. The molecule has 4 atom stereocenters. The lowest BCUT2D eigenvalue weighted by molar-refractivity contribution is -0.0833. The molecule has 0 aliphatic carbocycles. The molecule has 0 spiro atoms. The number of hydrogen-bond donors (Lipinski definition) is 3. The van der Waals surface area contributed by atoms with E-state index in [2.05, 4.69) is 22.3 Å². The number of hydrogen-bond acceptors (Lipinski definition) is 9. The van der Waals surface area contributed by atoms with Gasteiger partial charge in [-0.25, -0.2) is 0 Å². The summed E-state index contributed by atoms with van der Waals surface area (Å²) in [5.41, 5.74) is 3.25. The van der Waals surface area contributed by atoms with E-state index in [0.29, 0.717) is 26.3 Å². The van der Waals surface area contributed by atoms with Crippen molar-refractivity contribution in [2.45, 2.75) is 37.3 Å². The summed E-state index contributed by atoms with van der Waals surface area (Å²) in [5, 5.41) is 22.5. The van der Waals surface area contributed by atoms with E-state index < -0.39 is 6.10 Å². The van der Waals surface area contributed by atoms with Gasteiger partial charge in [0.2, 0.25) is 0 Å². The zero-order valence-electron chi connectivity index (χ0n) is 21.8. The number of rotatable bonds is 13. The van der Waals surface area contributed by atoms with Crippen LogP contribution in [0.3, 0.4) is 0 Å². The van der Waals surface area contributed by atoms with Crippen molar-refractivity contribution in [1.29, 1.82) is 0 Å². The van der Waals surface area contributed by atoms with Crippen LogP contribution in [0.2, 0.25) is 0 Å². The molecule has 0 aromatic heterocycles. The predicted octanol–water partition coefficient (Wildman–Crippen LogP) is 1.94. The van der Waals surface area contributed by atoms with Crippen LogP contribution in [0.1, 0.15) is 23.5 Å². The molecule has 1 saturated heterocycles. The maximum Gasteiger partial charge on any atom is 0.142 e. The Morgan fingerprint density at radius 2 is 1.86 bits per heavy atom. The highest BCUT2D eigenvalue weighted by atomic mass is 16.5. The van der Waals surface area contributed by atoms with Gasteiger partial charge in [-0.1, -0.05) is 18.2 Å². The highest BCUT2D eigenvalue weighted by molar-refractivity contribution is 5.61. The van der Waals surface area contributed by atoms with Crippen molar-refractivity contribution in [1.82, 2.24) is 5.32 Å². The summed E-state index contributed by atoms with van der Waals surface area (Å²) in [4.78, 5) is 2.35. The van der Waals surface area contributed by atoms with E-state index in [1.807, 2.05) is 30.3 Å². The first-order chi connectivity index (χ1) is 18.1. The van der Waals surface area contributed by atoms with Gasteiger partial charge < -0.3 is 44.1 Å². The third-order valence-electron chi connectivity index (χ3n) is 6.93. The van der Waals surface area contributed by atoms with Crippen LogP contribution in [0.15, 0.2) is 42.5 Å². The second kappa shape index (κ2) is 13.9. The average Bonchev–Trinajstić information content (AvgIpc) is 2.95. The van der Waals surface area contributed by atoms with Crippen molar-refractivity contribution < 1.29 is 33.9 Å². The molecule has 0 radical (unpaired) electrons. The van der Waals surface area contributed by atoms with Crippen LogP contribution in [0.25, 0.3) is 0 Å². The molecular formula is C28H40N2O7. The van der Waals surface area contributed by atoms with Gasteiger partial charge in [0.25, 0.3) is 0 Å². The minimum Gasteiger partial charge on any atom is -0.497 e. The third kappa shape index (κ3) is 7.34. The first-order valence-corrected chi connectivity index (χ1v) is 13.0. The van der Waals surface area contributed by atoms with Crippen molar-refractivity contribution in [2.75, 3.05) is 71.7 Å². The summed E-state index contributed by atoms with van der Waals surface area (Å²) in [6, 6.07) is 14.2. The zero-order chi connectivity index (χ0) is 26.0. The largest absolute Gasteiger partial charge is 0.497 e. The molecular weight excluding hydrogens is 476 g/mol. The molecule has 0 saturated carbocycles. The van der Waals surface area contributed by atoms with E-state index in [1.165, 1.54) is 0 Å². The van der Waals surface area contributed by atoms with Crippen LogP contribution in [0.5, 0.6) is 11.5 Å². The minimum atomic E-state index is -0.914. The molecule has 2 heterocycles. The zero-order valence-corrected chi connectivity index (χ0v) is 21.8. The van der Waals surface area contributed by atoms with Crippen molar-refractivity contribution in [3.63, 3.8) is 0 Å². The molecule has 9 heteroatoms. The first kappa shape index (κ1) is 27.6. The highest BCUT2D eigenvalue weighted by Gasteiger charge is 2.36. The van der Waals surface area contributed by atoms with Gasteiger partial charge in [-0.3, -0.25) is 0 Å². The SMILES string of the molecule is COCCCN1CCOc2ccc(CO[C@H]3CNC[C@@H](OC[C@H](O)CO)[C@@H]3c3ccc(OC)cc3)cc21. The molecule has 204 valence electrons. The van der Waals surface area contributed by atoms with E-state index in [4.69, 9.17) is 23.7 Å². The van der Waals surface area contributed by atoms with Crippen molar-refractivity contribution >= 4 is 5.69 Å². The monoisotopic (exact) mass is 516 g/mol. The van der Waals surface area contributed by atoms with E-state index in [1.54, 1.807) is 14.2 Å². The fraction of sp³-hybridized carbons (Fsp3) is 0.571. The van der Waals surface area contributed by atoms with E-state index in [0.717, 1.165) is 54.4 Å². The number of aliphatic hydroxyl groups is 2. The van der Waals surface area contributed by atoms with Crippen LogP contribution in [-0.2, 0) is 20.8 Å². The lowest BCUT2D eigenvalue weighted by atomic mass is 9.85. The Hall–Kier alpha value is -2.40. The van der Waals surface area contributed by atoms with Crippen LogP contribution in [0, 0.1) is 0 Å². The smallest absolute Gasteiger partial charge is 0.142 e. The van der Waals surface area contributed by atoms with Gasteiger partial charge in [-0.15, -0.1) is 0 Å². The quantitative estimate of drug-likeness (QED) is 0.345. The Labute approximate surface area is 219 Å². The second-order valence-electron chi connectivity index (χ2n) is 9.50. The number of ether oxygens (including phenoxy) is 5. The van der Waals surface area contributed by atoms with E-state index in [-0.39, 0.29) is 31.3 Å². The number of nitrogens with zero attached hydrogens (tertiary/aromatic N) is 1. The topological polar surface area (TPSA) is 102 Å². The number of anilines is 1. The predicted molar refractivity (Wildman–Crippen MR) is 141 cm³/mol. The molecule has 37 heavy (non-hydrogen) atoms. The van der Waals surface area contributed by atoms with Crippen LogP contribution in [-0.4, -0.2) is 95.4 Å². The summed E-state index contributed by atoms with van der Waals surface area (Å²) in [7, 11) is 3.38.